The standard InChI is InChI=1S/C46H54ClN3O12/c1-4-22-59-46-42(49(2)45(54)58-23-19-47)27-39(48-60-29-30-11-13-33(14-12-30)50(55)56)37-25-31(9-5-7-20-51)36(10-6-8-21-52)43(44(37)46)38-26-35(16-18-41(38)62-46)61-34-15-17-40(57-3)32(24-34)28-53/h4,11-18,24-26,28,31,36,42-44,51-52H,1,5-10,19-23,27,29H2,2-3H3/t31-,36+,42-,43+,44+,46+/m0/s1. The number of ether oxygens (including phenoxy) is 5. The molecule has 6 rings (SSSR count). The topological polar surface area (TPSA) is 189 Å². The van der Waals surface area contributed by atoms with Gasteiger partial charge in [-0.05, 0) is 97.2 Å². The lowest BCUT2D eigenvalue weighted by molar-refractivity contribution is -0.384. The number of aliphatic hydroxyl groups excluding tert-OH is 2. The van der Waals surface area contributed by atoms with Gasteiger partial charge in [-0.2, -0.15) is 0 Å². The number of carbonyl (C=O) groups is 2. The minimum Gasteiger partial charge on any atom is -0.496 e. The summed E-state index contributed by atoms with van der Waals surface area (Å²) in [4.78, 5) is 44.0. The molecule has 2 aliphatic carbocycles. The van der Waals surface area contributed by atoms with Crippen LogP contribution in [0.4, 0.5) is 10.5 Å². The molecule has 0 unspecified atom stereocenters. The molecule has 3 aromatic rings. The van der Waals surface area contributed by atoms with Gasteiger partial charge >= 0.3 is 6.09 Å². The number of unbranched alkanes of at least 4 members (excludes halogenated alkanes) is 2. The average molecular weight is 876 g/mol. The van der Waals surface area contributed by atoms with Crippen LogP contribution in [0, 0.1) is 27.9 Å². The molecule has 3 aliphatic rings. The van der Waals surface area contributed by atoms with Gasteiger partial charge in [-0.15, -0.1) is 18.2 Å². The van der Waals surface area contributed by atoms with Gasteiger partial charge in [0.2, 0.25) is 5.79 Å². The number of aldehydes is 1. The molecule has 1 fully saturated rings. The van der Waals surface area contributed by atoms with Crippen molar-refractivity contribution in [3.63, 3.8) is 0 Å². The first kappa shape index (κ1) is 46.0. The Balaban J connectivity index is 1.53. The largest absolute Gasteiger partial charge is 0.496 e. The SMILES string of the molecule is C=CCO[C@@]12Oc3ccc(Oc4ccc(OC)c(C=O)c4)cc3[C@H]3[C@H](CCCCO)[C@@H](CCCCO)C=C(C(=NOCc4ccc([N+](=O)[O-])cc4)C[C@@H]1N(C)C(=O)OCCCl)[C@H]32. The second-order valence-electron chi connectivity index (χ2n) is 15.5. The highest BCUT2D eigenvalue weighted by Gasteiger charge is 2.65. The number of alkyl halides is 1. The highest BCUT2D eigenvalue weighted by molar-refractivity contribution is 6.18. The van der Waals surface area contributed by atoms with Crippen molar-refractivity contribution in [3.8, 4) is 23.0 Å². The quantitative estimate of drug-likeness (QED) is 0.0246. The van der Waals surface area contributed by atoms with E-state index in [4.69, 9.17) is 45.3 Å². The number of amides is 1. The Morgan fingerprint density at radius 3 is 2.47 bits per heavy atom. The molecule has 0 saturated heterocycles. The van der Waals surface area contributed by atoms with Gasteiger partial charge in [0.25, 0.3) is 5.69 Å². The summed E-state index contributed by atoms with van der Waals surface area (Å²) < 4.78 is 31.3. The zero-order valence-electron chi connectivity index (χ0n) is 35.0. The van der Waals surface area contributed by atoms with Crippen molar-refractivity contribution in [2.24, 2.45) is 22.9 Å². The smallest absolute Gasteiger partial charge is 0.410 e. The summed E-state index contributed by atoms with van der Waals surface area (Å²) in [6.45, 7) is 4.10. The third-order valence-corrected chi connectivity index (χ3v) is 12.0. The summed E-state index contributed by atoms with van der Waals surface area (Å²) in [7, 11) is 3.11. The van der Waals surface area contributed by atoms with Crippen molar-refractivity contribution in [2.45, 2.75) is 69.3 Å². The van der Waals surface area contributed by atoms with Gasteiger partial charge in [-0.3, -0.25) is 14.9 Å². The fraction of sp³-hybridized carbons (Fsp3) is 0.457. The highest BCUT2D eigenvalue weighted by atomic mass is 35.5. The van der Waals surface area contributed by atoms with Crippen molar-refractivity contribution in [3.05, 3.63) is 112 Å². The van der Waals surface area contributed by atoms with E-state index < -0.39 is 28.8 Å². The van der Waals surface area contributed by atoms with Gasteiger partial charge in [-0.1, -0.05) is 30.1 Å². The van der Waals surface area contributed by atoms with E-state index >= 15 is 0 Å². The highest BCUT2D eigenvalue weighted by Crippen LogP contribution is 2.62. The van der Waals surface area contributed by atoms with Crippen molar-refractivity contribution in [1.29, 1.82) is 0 Å². The molecule has 3 aromatic carbocycles. The lowest BCUT2D eigenvalue weighted by Gasteiger charge is -2.59. The lowest BCUT2D eigenvalue weighted by Crippen LogP contribution is -2.69. The monoisotopic (exact) mass is 875 g/mol. The van der Waals surface area contributed by atoms with Crippen LogP contribution in [0.1, 0.15) is 72.3 Å². The summed E-state index contributed by atoms with van der Waals surface area (Å²) in [5.41, 5.74) is 3.16. The minimum absolute atomic E-state index is 0.0141. The van der Waals surface area contributed by atoms with Crippen LogP contribution in [0.3, 0.4) is 0 Å². The molecule has 0 aromatic heterocycles. The van der Waals surface area contributed by atoms with E-state index in [9.17, 15) is 29.9 Å². The van der Waals surface area contributed by atoms with Crippen molar-refractivity contribution >= 4 is 35.4 Å². The minimum atomic E-state index is -1.51. The van der Waals surface area contributed by atoms with Crippen molar-refractivity contribution < 1.29 is 53.2 Å². The molecule has 1 amide bonds. The molecule has 1 heterocycles. The summed E-state index contributed by atoms with van der Waals surface area (Å²) in [5, 5.41) is 35.8. The summed E-state index contributed by atoms with van der Waals surface area (Å²) >= 11 is 5.94. The van der Waals surface area contributed by atoms with Gasteiger partial charge in [0.1, 0.15) is 42.3 Å². The molecule has 16 heteroatoms. The van der Waals surface area contributed by atoms with Crippen LogP contribution in [0.2, 0.25) is 0 Å². The summed E-state index contributed by atoms with van der Waals surface area (Å²) in [6.07, 6.45) is 8.19. The Morgan fingerprint density at radius 2 is 1.79 bits per heavy atom. The van der Waals surface area contributed by atoms with E-state index in [1.165, 1.54) is 24.1 Å². The molecule has 1 saturated carbocycles. The number of likely N-dealkylation sites (N-methyl/N-ethyl adjacent to an activating group) is 1. The maximum absolute atomic E-state index is 13.8. The Bertz CT molecular complexity index is 2110. The van der Waals surface area contributed by atoms with Crippen molar-refractivity contribution in [1.82, 2.24) is 4.90 Å². The van der Waals surface area contributed by atoms with Gasteiger partial charge < -0.3 is 43.6 Å². The van der Waals surface area contributed by atoms with E-state index in [-0.39, 0.29) is 68.8 Å². The third-order valence-electron chi connectivity index (χ3n) is 11.8. The molecule has 1 aliphatic heterocycles. The van der Waals surface area contributed by atoms with E-state index in [0.717, 1.165) is 36.8 Å². The Hall–Kier alpha value is -5.48. The summed E-state index contributed by atoms with van der Waals surface area (Å²) in [6, 6.07) is 15.7. The maximum atomic E-state index is 13.8. The number of non-ortho nitro benzene ring substituents is 1. The van der Waals surface area contributed by atoms with Gasteiger partial charge in [0.15, 0.2) is 6.29 Å². The second kappa shape index (κ2) is 21.5. The summed E-state index contributed by atoms with van der Waals surface area (Å²) in [5.74, 6) is -0.553. The number of allylic oxidation sites excluding steroid dienone is 1. The zero-order valence-corrected chi connectivity index (χ0v) is 35.7. The lowest BCUT2D eigenvalue weighted by atomic mass is 9.55. The van der Waals surface area contributed by atoms with Crippen LogP contribution in [0.5, 0.6) is 23.0 Å². The molecule has 15 nitrogen and oxygen atoms in total. The number of hydrogen-bond acceptors (Lipinski definition) is 13. The normalized spacial score (nSPS) is 22.9. The molecule has 0 bridgehead atoms. The zero-order chi connectivity index (χ0) is 44.2. The number of nitro groups is 1. The number of aliphatic hydroxyl groups is 2. The van der Waals surface area contributed by atoms with Gasteiger partial charge in [0, 0.05) is 50.3 Å². The molecule has 0 spiro atoms. The number of benzene rings is 3. The maximum Gasteiger partial charge on any atom is 0.410 e. The number of fused-ring (bicyclic) bond motifs is 2. The molecular formula is C46H54ClN3O12. The molecule has 2 N–H and O–H groups in total. The number of halogens is 1. The molecule has 0 radical (unpaired) electrons. The van der Waals surface area contributed by atoms with Gasteiger partial charge in [0.05, 0.1) is 41.7 Å². The van der Waals surface area contributed by atoms with Crippen LogP contribution in [0.15, 0.2) is 90.1 Å². The molecule has 62 heavy (non-hydrogen) atoms. The molecule has 332 valence electrons. The fourth-order valence-electron chi connectivity index (χ4n) is 9.05. The first-order valence-electron chi connectivity index (χ1n) is 20.8. The fourth-order valence-corrected chi connectivity index (χ4v) is 9.13. The molecular weight excluding hydrogens is 822 g/mol. The molecule has 6 atom stereocenters. The van der Waals surface area contributed by atoms with Crippen LogP contribution < -0.4 is 14.2 Å². The van der Waals surface area contributed by atoms with E-state index in [0.29, 0.717) is 59.0 Å². The van der Waals surface area contributed by atoms with Crippen LogP contribution in [0.25, 0.3) is 0 Å². The predicted octanol–water partition coefficient (Wildman–Crippen LogP) is 8.35. The van der Waals surface area contributed by atoms with E-state index in [1.807, 2.05) is 12.1 Å². The van der Waals surface area contributed by atoms with Crippen LogP contribution in [-0.4, -0.2) is 96.4 Å². The second-order valence-corrected chi connectivity index (χ2v) is 15.9. The first-order chi connectivity index (χ1) is 30.1. The number of oxime groups is 1. The number of carbonyl (C=O) groups excluding carboxylic acids is 2. The van der Waals surface area contributed by atoms with Gasteiger partial charge in [-0.25, -0.2) is 4.79 Å². The predicted molar refractivity (Wildman–Crippen MR) is 231 cm³/mol. The Morgan fingerprint density at radius 1 is 1.06 bits per heavy atom. The number of methoxy groups -OCH3 is 1. The Labute approximate surface area is 366 Å². The van der Waals surface area contributed by atoms with Crippen molar-refractivity contribution in [2.75, 3.05) is 46.5 Å². The number of nitrogens with zero attached hydrogens (tertiary/aromatic N) is 3. The number of rotatable bonds is 22. The number of hydrogen-bond donors (Lipinski definition) is 2. The van der Waals surface area contributed by atoms with E-state index in [2.05, 4.69) is 12.7 Å². The average Bonchev–Trinajstić information content (AvgIpc) is 3.28. The van der Waals surface area contributed by atoms with E-state index in [1.54, 1.807) is 49.5 Å². The van der Waals surface area contributed by atoms with Crippen LogP contribution in [-0.2, 0) is 20.9 Å². The van der Waals surface area contributed by atoms with Crippen LogP contribution >= 0.6 is 11.6 Å². The first-order valence-corrected chi connectivity index (χ1v) is 21.4. The Kier molecular flexibility index (Phi) is 16.0. The third kappa shape index (κ3) is 10.1. The number of nitro benzene ring substituents is 1.